The molecule has 0 amide bonds. The maximum absolute atomic E-state index is 13.1. The topological polar surface area (TPSA) is 313 Å². The predicted molar refractivity (Wildman–Crippen MR) is 148 cm³/mol. The lowest BCUT2D eigenvalue weighted by atomic mass is 9.99. The molecule has 0 radical (unpaired) electrons. The molecule has 0 spiro atoms. The van der Waals surface area contributed by atoms with Gasteiger partial charge in [0, 0.05) is 23.8 Å². The highest BCUT2D eigenvalue weighted by molar-refractivity contribution is 5.86. The van der Waals surface area contributed by atoms with Gasteiger partial charge in [0.15, 0.2) is 29.1 Å². The van der Waals surface area contributed by atoms with Gasteiger partial charge in [0.05, 0.1) is 7.11 Å². The van der Waals surface area contributed by atoms with Crippen LogP contribution in [0.5, 0.6) is 28.7 Å². The van der Waals surface area contributed by atoms with Crippen LogP contribution in [-0.4, -0.2) is 132 Å². The van der Waals surface area contributed by atoms with Gasteiger partial charge in [0.2, 0.25) is 18.3 Å². The molecule has 2 fully saturated rings. The summed E-state index contributed by atoms with van der Waals surface area (Å²) in [7, 11) is 1.15. The summed E-state index contributed by atoms with van der Waals surface area (Å²) < 4.78 is 32.0. The van der Waals surface area contributed by atoms with Gasteiger partial charge in [-0.3, -0.25) is 4.79 Å². The highest BCUT2D eigenvalue weighted by Gasteiger charge is 2.49. The number of aromatic hydroxyl groups is 2. The zero-order chi connectivity index (χ0) is 34.5. The summed E-state index contributed by atoms with van der Waals surface area (Å²) in [5.74, 6) is -6.09. The minimum absolute atomic E-state index is 0.0347. The molecular formula is C28H28O19. The van der Waals surface area contributed by atoms with Crippen molar-refractivity contribution >= 4 is 22.9 Å². The number of phenols is 2. The van der Waals surface area contributed by atoms with Crippen LogP contribution < -0.4 is 19.6 Å². The van der Waals surface area contributed by atoms with E-state index >= 15 is 0 Å². The SMILES string of the molecule is COc1cc(-c2cc(=O)c3c(O)cc(O[C@@H]4OC(C(=O)O)[C@@H](O)C(O)C4O)cc3o2)cc(O[C@@H]2OC(C(=O)O)[C@@H](O)C(O)C2O)c1O. The first-order chi connectivity index (χ1) is 22.1. The Kier molecular flexibility index (Phi) is 9.17. The van der Waals surface area contributed by atoms with Crippen LogP contribution in [0.15, 0.2) is 39.5 Å². The smallest absolute Gasteiger partial charge is 0.335 e. The number of phenolic OH excluding ortho intramolecular Hbond substituents is 2. The van der Waals surface area contributed by atoms with Crippen molar-refractivity contribution in [1.82, 2.24) is 0 Å². The third-order valence-electron chi connectivity index (χ3n) is 7.45. The summed E-state index contributed by atoms with van der Waals surface area (Å²) in [4.78, 5) is 35.9. The molecule has 1 aromatic heterocycles. The number of aliphatic carboxylic acids is 2. The van der Waals surface area contributed by atoms with Crippen molar-refractivity contribution in [3.05, 3.63) is 40.6 Å². The fourth-order valence-electron chi connectivity index (χ4n) is 4.98. The fraction of sp³-hybridized carbons (Fsp3) is 0.393. The first-order valence-corrected chi connectivity index (χ1v) is 13.5. The van der Waals surface area contributed by atoms with Crippen molar-refractivity contribution in [2.45, 2.75) is 61.4 Å². The molecule has 19 heteroatoms. The van der Waals surface area contributed by atoms with Crippen LogP contribution in [0.1, 0.15) is 0 Å². The number of aliphatic hydroxyl groups is 6. The average molecular weight is 669 g/mol. The van der Waals surface area contributed by atoms with Gasteiger partial charge in [-0.1, -0.05) is 0 Å². The zero-order valence-electron chi connectivity index (χ0n) is 23.8. The highest BCUT2D eigenvalue weighted by atomic mass is 16.7. The van der Waals surface area contributed by atoms with Crippen LogP contribution in [0.3, 0.4) is 0 Å². The number of hydrogen-bond acceptors (Lipinski definition) is 17. The molecule has 2 aromatic carbocycles. The number of carboxylic acids is 2. The molecule has 0 saturated carbocycles. The van der Waals surface area contributed by atoms with E-state index in [9.17, 15) is 65.4 Å². The second-order valence-electron chi connectivity index (χ2n) is 10.5. The van der Waals surface area contributed by atoms with Crippen LogP contribution >= 0.6 is 0 Å². The number of rotatable bonds is 8. The first-order valence-electron chi connectivity index (χ1n) is 13.5. The van der Waals surface area contributed by atoms with E-state index < -0.39 is 96.0 Å². The number of benzene rings is 2. The highest BCUT2D eigenvalue weighted by Crippen LogP contribution is 2.42. The lowest BCUT2D eigenvalue weighted by Gasteiger charge is -2.38. The Labute approximate surface area is 261 Å². The maximum atomic E-state index is 13.1. The molecule has 254 valence electrons. The summed E-state index contributed by atoms with van der Waals surface area (Å²) in [5.41, 5.74) is -1.16. The normalized spacial score (nSPS) is 30.9. The van der Waals surface area contributed by atoms with Crippen molar-refractivity contribution in [3.63, 3.8) is 0 Å². The van der Waals surface area contributed by atoms with Gasteiger partial charge >= 0.3 is 11.9 Å². The number of ether oxygens (including phenoxy) is 5. The monoisotopic (exact) mass is 668 g/mol. The molecule has 6 unspecified atom stereocenters. The molecule has 3 heterocycles. The summed E-state index contributed by atoms with van der Waals surface area (Å²) in [5, 5.41) is 100. The molecule has 10 atom stereocenters. The number of fused-ring (bicyclic) bond motifs is 1. The van der Waals surface area contributed by atoms with E-state index in [4.69, 9.17) is 28.1 Å². The number of carboxylic acid groups (broad SMARTS) is 2. The average Bonchev–Trinajstić information content (AvgIpc) is 3.01. The van der Waals surface area contributed by atoms with E-state index in [1.165, 1.54) is 6.07 Å². The number of aliphatic hydroxyl groups excluding tert-OH is 6. The standard InChI is InChI=1S/C28H28O19/c1-42-13-2-7(3-14(16(13)31)45-28-22(37)18(33)20(35)24(47-28)26(40)41)11-6-10(30)15-9(29)4-8(5-12(15)44-11)43-27-21(36)17(32)19(34)23(46-27)25(38)39/h2-6,17-24,27-29,31-37H,1H3,(H,38,39)(H,40,41)/t17?,18?,19-,20-,21?,22?,23?,24?,27+,28+/m0/s1. The fourth-order valence-corrected chi connectivity index (χ4v) is 4.98. The molecule has 10 N–H and O–H groups in total. The van der Waals surface area contributed by atoms with E-state index in [2.05, 4.69) is 0 Å². The molecule has 5 rings (SSSR count). The van der Waals surface area contributed by atoms with Gasteiger partial charge in [-0.2, -0.15) is 0 Å². The van der Waals surface area contributed by atoms with Gasteiger partial charge in [-0.05, 0) is 12.1 Å². The minimum Gasteiger partial charge on any atom is -0.507 e. The predicted octanol–water partition coefficient (Wildman–Crippen LogP) is -2.58. The molecular weight excluding hydrogens is 640 g/mol. The third kappa shape index (κ3) is 6.21. The molecule has 47 heavy (non-hydrogen) atoms. The van der Waals surface area contributed by atoms with Crippen molar-refractivity contribution < 1.29 is 88.8 Å². The maximum Gasteiger partial charge on any atom is 0.335 e. The molecule has 3 aromatic rings. The Morgan fingerprint density at radius 3 is 1.77 bits per heavy atom. The summed E-state index contributed by atoms with van der Waals surface area (Å²) in [6, 6.07) is 5.17. The quantitative estimate of drug-likeness (QED) is 0.118. The van der Waals surface area contributed by atoms with Crippen LogP contribution in [0, 0.1) is 0 Å². The van der Waals surface area contributed by atoms with Crippen molar-refractivity contribution in [2.75, 3.05) is 7.11 Å². The number of carbonyl (C=O) groups is 2. The van der Waals surface area contributed by atoms with E-state index in [0.717, 1.165) is 31.4 Å². The van der Waals surface area contributed by atoms with Gasteiger partial charge < -0.3 is 79.2 Å². The summed E-state index contributed by atoms with van der Waals surface area (Å²) in [6.07, 6.45) is -19.7. The molecule has 0 aliphatic carbocycles. The second-order valence-corrected chi connectivity index (χ2v) is 10.5. The number of methoxy groups -OCH3 is 1. The Morgan fingerprint density at radius 2 is 1.23 bits per heavy atom. The molecule has 0 bridgehead atoms. The Hall–Kier alpha value is -4.73. The Balaban J connectivity index is 1.51. The van der Waals surface area contributed by atoms with Crippen molar-refractivity contribution in [2.24, 2.45) is 0 Å². The van der Waals surface area contributed by atoms with Crippen molar-refractivity contribution in [1.29, 1.82) is 0 Å². The number of hydrogen-bond donors (Lipinski definition) is 10. The Morgan fingerprint density at radius 1 is 0.702 bits per heavy atom. The molecule has 2 saturated heterocycles. The van der Waals surface area contributed by atoms with Crippen LogP contribution in [-0.2, 0) is 19.1 Å². The first kappa shape index (κ1) is 33.6. The van der Waals surface area contributed by atoms with Crippen LogP contribution in [0.2, 0.25) is 0 Å². The van der Waals surface area contributed by atoms with Crippen molar-refractivity contribution in [3.8, 4) is 40.1 Å². The van der Waals surface area contributed by atoms with Crippen LogP contribution in [0.25, 0.3) is 22.3 Å². The van der Waals surface area contributed by atoms with E-state index in [-0.39, 0.29) is 33.8 Å². The van der Waals surface area contributed by atoms with Gasteiger partial charge in [-0.25, -0.2) is 9.59 Å². The Bertz CT molecular complexity index is 1740. The van der Waals surface area contributed by atoms with Crippen LogP contribution in [0.4, 0.5) is 0 Å². The van der Waals surface area contributed by atoms with Gasteiger partial charge in [-0.15, -0.1) is 0 Å². The molecule has 19 nitrogen and oxygen atoms in total. The minimum atomic E-state index is -2.02. The van der Waals surface area contributed by atoms with Gasteiger partial charge in [0.25, 0.3) is 0 Å². The lowest BCUT2D eigenvalue weighted by molar-refractivity contribution is -0.271. The zero-order valence-corrected chi connectivity index (χ0v) is 23.8. The summed E-state index contributed by atoms with van der Waals surface area (Å²) >= 11 is 0. The van der Waals surface area contributed by atoms with E-state index in [1.54, 1.807) is 0 Å². The van der Waals surface area contributed by atoms with Gasteiger partial charge in [0.1, 0.15) is 64.9 Å². The lowest BCUT2D eigenvalue weighted by Crippen LogP contribution is -2.61. The third-order valence-corrected chi connectivity index (χ3v) is 7.45. The second kappa shape index (κ2) is 12.8. The van der Waals surface area contributed by atoms with E-state index in [0.29, 0.717) is 0 Å². The summed E-state index contributed by atoms with van der Waals surface area (Å²) in [6.45, 7) is 0. The molecule has 2 aliphatic heterocycles. The molecule has 2 aliphatic rings. The largest absolute Gasteiger partial charge is 0.507 e. The van der Waals surface area contributed by atoms with E-state index in [1.807, 2.05) is 0 Å².